The summed E-state index contributed by atoms with van der Waals surface area (Å²) in [6.45, 7) is 8.18. The minimum absolute atomic E-state index is 0.0990. The Morgan fingerprint density at radius 2 is 2.00 bits per heavy atom. The number of aromatic nitrogens is 2. The maximum Gasteiger partial charge on any atom is 0.298 e. The average molecular weight is 425 g/mol. The molecule has 1 aliphatic heterocycles. The van der Waals surface area contributed by atoms with Gasteiger partial charge in [0, 0.05) is 45.6 Å². The Hall–Kier alpha value is -3.36. The molecule has 1 N–H and O–H groups in total. The fourth-order valence-corrected chi connectivity index (χ4v) is 3.75. The van der Waals surface area contributed by atoms with Crippen LogP contribution < -0.4 is 10.2 Å². The van der Waals surface area contributed by atoms with Crippen LogP contribution in [0.1, 0.15) is 40.9 Å². The second kappa shape index (κ2) is 8.79. The predicted octanol–water partition coefficient (Wildman–Crippen LogP) is 2.46. The first kappa shape index (κ1) is 20.9. The van der Waals surface area contributed by atoms with Gasteiger partial charge in [-0.1, -0.05) is 13.0 Å². The molecule has 1 saturated heterocycles. The van der Waals surface area contributed by atoms with E-state index in [2.05, 4.69) is 21.4 Å². The van der Waals surface area contributed by atoms with Crippen LogP contribution in [0, 0.1) is 13.8 Å². The SMILES string of the molecule is CCc1nc(C(=O)N2CCC(=O)NCCN(c3nc4cc(C)cc(C)c4o3)CC2)co1. The van der Waals surface area contributed by atoms with Crippen molar-refractivity contribution in [2.75, 3.05) is 37.6 Å². The summed E-state index contributed by atoms with van der Waals surface area (Å²) in [5.41, 5.74) is 3.96. The van der Waals surface area contributed by atoms with Crippen molar-refractivity contribution in [1.29, 1.82) is 0 Å². The largest absolute Gasteiger partial charge is 0.448 e. The summed E-state index contributed by atoms with van der Waals surface area (Å²) in [6.07, 6.45) is 2.23. The van der Waals surface area contributed by atoms with Crippen LogP contribution in [0.15, 0.2) is 27.2 Å². The highest BCUT2D eigenvalue weighted by atomic mass is 16.4. The van der Waals surface area contributed by atoms with Gasteiger partial charge in [-0.05, 0) is 31.0 Å². The van der Waals surface area contributed by atoms with Gasteiger partial charge in [-0.3, -0.25) is 9.59 Å². The van der Waals surface area contributed by atoms with Crippen molar-refractivity contribution < 1.29 is 18.4 Å². The summed E-state index contributed by atoms with van der Waals surface area (Å²) in [5, 5.41) is 2.90. The smallest absolute Gasteiger partial charge is 0.298 e. The van der Waals surface area contributed by atoms with Gasteiger partial charge in [-0.25, -0.2) is 4.98 Å². The van der Waals surface area contributed by atoms with Gasteiger partial charge < -0.3 is 24.0 Å². The van der Waals surface area contributed by atoms with Crippen LogP contribution in [-0.2, 0) is 11.2 Å². The average Bonchev–Trinajstić information content (AvgIpc) is 3.39. The number of benzene rings is 1. The lowest BCUT2D eigenvalue weighted by Crippen LogP contribution is -2.45. The number of nitrogens with one attached hydrogen (secondary N) is 1. The molecule has 1 aromatic carbocycles. The first-order valence-corrected chi connectivity index (χ1v) is 10.6. The molecule has 0 spiro atoms. The van der Waals surface area contributed by atoms with Crippen molar-refractivity contribution in [3.8, 4) is 0 Å². The van der Waals surface area contributed by atoms with Gasteiger partial charge >= 0.3 is 0 Å². The maximum absolute atomic E-state index is 13.0. The van der Waals surface area contributed by atoms with Gasteiger partial charge in [-0.2, -0.15) is 4.98 Å². The Labute approximate surface area is 180 Å². The quantitative estimate of drug-likeness (QED) is 0.687. The number of rotatable bonds is 3. The van der Waals surface area contributed by atoms with Crippen LogP contribution in [-0.4, -0.2) is 59.4 Å². The number of hydrogen-bond acceptors (Lipinski definition) is 7. The second-order valence-electron chi connectivity index (χ2n) is 7.79. The standard InChI is InChI=1S/C22H27N5O4/c1-4-19-24-17(13-30-19)21(29)26-7-5-18(28)23-6-8-27(10-9-26)22-25-16-12-14(2)11-15(3)20(16)31-22/h11-13H,4-10H2,1-3H3,(H,23,28). The summed E-state index contributed by atoms with van der Waals surface area (Å²) >= 11 is 0. The molecule has 0 atom stereocenters. The van der Waals surface area contributed by atoms with E-state index in [1.54, 1.807) is 4.90 Å². The molecule has 4 rings (SSSR count). The lowest BCUT2D eigenvalue weighted by atomic mass is 10.1. The molecule has 2 amide bonds. The molecule has 3 aromatic rings. The van der Waals surface area contributed by atoms with Crippen molar-refractivity contribution in [3.63, 3.8) is 0 Å². The van der Waals surface area contributed by atoms with Crippen LogP contribution in [0.4, 0.5) is 6.01 Å². The molecule has 0 radical (unpaired) electrons. The molecular formula is C22H27N5O4. The molecule has 9 heteroatoms. The van der Waals surface area contributed by atoms with Crippen LogP contribution in [0.5, 0.6) is 0 Å². The Bertz CT molecular complexity index is 1100. The third kappa shape index (κ3) is 4.55. The zero-order valence-corrected chi connectivity index (χ0v) is 18.1. The van der Waals surface area contributed by atoms with Crippen molar-refractivity contribution in [2.45, 2.75) is 33.6 Å². The molecule has 0 bridgehead atoms. The minimum Gasteiger partial charge on any atom is -0.448 e. The Morgan fingerprint density at radius 3 is 2.77 bits per heavy atom. The van der Waals surface area contributed by atoms with Crippen molar-refractivity contribution in [2.24, 2.45) is 0 Å². The first-order chi connectivity index (χ1) is 14.9. The van der Waals surface area contributed by atoms with E-state index in [1.165, 1.54) is 6.26 Å². The van der Waals surface area contributed by atoms with Crippen LogP contribution in [0.3, 0.4) is 0 Å². The van der Waals surface area contributed by atoms with E-state index >= 15 is 0 Å². The molecule has 1 fully saturated rings. The van der Waals surface area contributed by atoms with E-state index in [9.17, 15) is 9.59 Å². The molecule has 9 nitrogen and oxygen atoms in total. The highest BCUT2D eigenvalue weighted by Crippen LogP contribution is 2.26. The molecule has 2 aromatic heterocycles. The van der Waals surface area contributed by atoms with Gasteiger partial charge in [0.2, 0.25) is 5.91 Å². The van der Waals surface area contributed by atoms with Gasteiger partial charge in [-0.15, -0.1) is 0 Å². The lowest BCUT2D eigenvalue weighted by molar-refractivity contribution is -0.121. The Kier molecular flexibility index (Phi) is 5.92. The maximum atomic E-state index is 13.0. The molecule has 164 valence electrons. The van der Waals surface area contributed by atoms with E-state index in [0.29, 0.717) is 51.0 Å². The number of nitrogens with zero attached hydrogens (tertiary/aromatic N) is 4. The summed E-state index contributed by atoms with van der Waals surface area (Å²) in [7, 11) is 0. The topological polar surface area (TPSA) is 105 Å². The number of carbonyl (C=O) groups is 2. The molecular weight excluding hydrogens is 398 g/mol. The fourth-order valence-electron chi connectivity index (χ4n) is 3.75. The molecule has 1 aliphatic rings. The Balaban J connectivity index is 1.57. The number of aryl methyl sites for hydroxylation is 3. The lowest BCUT2D eigenvalue weighted by Gasteiger charge is -2.28. The summed E-state index contributed by atoms with van der Waals surface area (Å²) in [6, 6.07) is 4.54. The summed E-state index contributed by atoms with van der Waals surface area (Å²) in [4.78, 5) is 37.7. The van der Waals surface area contributed by atoms with Crippen LogP contribution in [0.2, 0.25) is 0 Å². The van der Waals surface area contributed by atoms with Crippen LogP contribution >= 0.6 is 0 Å². The molecule has 0 aliphatic carbocycles. The van der Waals surface area contributed by atoms with E-state index in [4.69, 9.17) is 8.83 Å². The van der Waals surface area contributed by atoms with E-state index in [1.807, 2.05) is 31.7 Å². The molecule has 0 saturated carbocycles. The number of fused-ring (bicyclic) bond motifs is 1. The number of hydrogen-bond donors (Lipinski definition) is 1. The van der Waals surface area contributed by atoms with Gasteiger partial charge in [0.25, 0.3) is 11.9 Å². The van der Waals surface area contributed by atoms with Crippen molar-refractivity contribution in [3.05, 3.63) is 41.1 Å². The van der Waals surface area contributed by atoms with E-state index < -0.39 is 0 Å². The zero-order chi connectivity index (χ0) is 22.0. The summed E-state index contributed by atoms with van der Waals surface area (Å²) < 4.78 is 11.4. The molecule has 31 heavy (non-hydrogen) atoms. The van der Waals surface area contributed by atoms with E-state index in [0.717, 1.165) is 22.2 Å². The van der Waals surface area contributed by atoms with Crippen molar-refractivity contribution in [1.82, 2.24) is 20.2 Å². The normalized spacial score (nSPS) is 15.9. The van der Waals surface area contributed by atoms with Crippen LogP contribution in [0.25, 0.3) is 11.1 Å². The third-order valence-corrected chi connectivity index (χ3v) is 5.39. The number of oxazole rings is 2. The molecule has 3 heterocycles. The Morgan fingerprint density at radius 1 is 1.16 bits per heavy atom. The summed E-state index contributed by atoms with van der Waals surface area (Å²) in [5.74, 6) is 0.166. The van der Waals surface area contributed by atoms with E-state index in [-0.39, 0.29) is 23.9 Å². The van der Waals surface area contributed by atoms with Crippen molar-refractivity contribution >= 4 is 28.9 Å². The second-order valence-corrected chi connectivity index (χ2v) is 7.79. The number of amides is 2. The van der Waals surface area contributed by atoms with Gasteiger partial charge in [0.1, 0.15) is 11.8 Å². The molecule has 0 unspecified atom stereocenters. The van der Waals surface area contributed by atoms with Gasteiger partial charge in [0.15, 0.2) is 17.2 Å². The monoisotopic (exact) mass is 425 g/mol. The number of carbonyl (C=O) groups excluding carboxylic acids is 2. The predicted molar refractivity (Wildman–Crippen MR) is 115 cm³/mol. The minimum atomic E-state index is -0.249. The highest BCUT2D eigenvalue weighted by molar-refractivity contribution is 5.92. The fraction of sp³-hybridized carbons (Fsp3) is 0.455. The third-order valence-electron chi connectivity index (χ3n) is 5.39. The first-order valence-electron chi connectivity index (χ1n) is 10.6. The zero-order valence-electron chi connectivity index (χ0n) is 18.1. The highest BCUT2D eigenvalue weighted by Gasteiger charge is 2.24. The van der Waals surface area contributed by atoms with Gasteiger partial charge in [0.05, 0.1) is 0 Å². The number of anilines is 1.